The topological polar surface area (TPSA) is 113 Å². The molecule has 0 spiro atoms. The van der Waals surface area contributed by atoms with E-state index in [1.165, 1.54) is 6.33 Å². The largest absolute Gasteiger partial charge is 0.369 e. The molecule has 174 valence electrons. The smallest absolute Gasteiger partial charge is 0.231 e. The predicted octanol–water partition coefficient (Wildman–Crippen LogP) is 3.01. The first-order chi connectivity index (χ1) is 16.5. The molecule has 9 nitrogen and oxygen atoms in total. The highest BCUT2D eigenvalue weighted by atomic mass is 35.5. The minimum Gasteiger partial charge on any atom is -0.369 e. The van der Waals surface area contributed by atoms with Crippen molar-refractivity contribution in [3.05, 3.63) is 59.5 Å². The molecule has 0 bridgehead atoms. The Bertz CT molecular complexity index is 1350. The minimum absolute atomic E-state index is 0.116. The van der Waals surface area contributed by atoms with Crippen LogP contribution in [0.2, 0.25) is 5.02 Å². The molecule has 0 unspecified atom stereocenters. The van der Waals surface area contributed by atoms with Crippen LogP contribution in [-0.4, -0.2) is 63.5 Å². The van der Waals surface area contributed by atoms with Crippen LogP contribution < -0.4 is 16.0 Å². The molecule has 0 saturated carbocycles. The molecule has 1 amide bonds. The molecule has 1 atom stereocenters. The van der Waals surface area contributed by atoms with Gasteiger partial charge in [0.25, 0.3) is 0 Å². The molecule has 1 aliphatic heterocycles. The molecule has 1 aliphatic rings. The van der Waals surface area contributed by atoms with Crippen LogP contribution in [0.1, 0.15) is 18.5 Å². The SMILES string of the molecule is C[C@H](Nc1ncnc2cccnc12)c1cc2cccc(Cl)c2nc1N1CCN(CC(N)=O)CC1. The number of nitrogens with one attached hydrogen (secondary N) is 1. The van der Waals surface area contributed by atoms with Crippen molar-refractivity contribution in [3.8, 4) is 0 Å². The van der Waals surface area contributed by atoms with Gasteiger partial charge < -0.3 is 16.0 Å². The molecule has 34 heavy (non-hydrogen) atoms. The summed E-state index contributed by atoms with van der Waals surface area (Å²) in [6.45, 7) is 5.27. The molecule has 3 N–H and O–H groups in total. The molecule has 5 rings (SSSR count). The van der Waals surface area contributed by atoms with Crippen molar-refractivity contribution in [2.75, 3.05) is 42.9 Å². The first-order valence-electron chi connectivity index (χ1n) is 11.2. The number of carbonyl (C=O) groups excluding carboxylic acids is 1. The van der Waals surface area contributed by atoms with E-state index in [2.05, 4.69) is 43.1 Å². The molecule has 3 aromatic heterocycles. The number of nitrogens with zero attached hydrogens (tertiary/aromatic N) is 6. The third-order valence-electron chi connectivity index (χ3n) is 6.07. The zero-order valence-corrected chi connectivity index (χ0v) is 19.5. The van der Waals surface area contributed by atoms with Gasteiger partial charge in [-0.05, 0) is 31.2 Å². The summed E-state index contributed by atoms with van der Waals surface area (Å²) in [6, 6.07) is 11.6. The lowest BCUT2D eigenvalue weighted by Crippen LogP contribution is -2.49. The Morgan fingerprint density at radius 2 is 1.94 bits per heavy atom. The second-order valence-electron chi connectivity index (χ2n) is 8.40. The molecule has 4 aromatic rings. The number of rotatable bonds is 6. The van der Waals surface area contributed by atoms with Gasteiger partial charge >= 0.3 is 0 Å². The van der Waals surface area contributed by atoms with Crippen molar-refractivity contribution in [2.24, 2.45) is 5.73 Å². The summed E-state index contributed by atoms with van der Waals surface area (Å²) in [5.74, 6) is 1.22. The van der Waals surface area contributed by atoms with Gasteiger partial charge in [0, 0.05) is 43.3 Å². The molecule has 0 radical (unpaired) electrons. The number of piperazine rings is 1. The van der Waals surface area contributed by atoms with E-state index in [1.54, 1.807) is 6.20 Å². The lowest BCUT2D eigenvalue weighted by molar-refractivity contribution is -0.119. The van der Waals surface area contributed by atoms with Gasteiger partial charge in [0.1, 0.15) is 17.7 Å². The highest BCUT2D eigenvalue weighted by molar-refractivity contribution is 6.35. The number of amides is 1. The molecule has 1 fully saturated rings. The number of benzene rings is 1. The fraction of sp³-hybridized carbons (Fsp3) is 0.292. The zero-order valence-electron chi connectivity index (χ0n) is 18.8. The van der Waals surface area contributed by atoms with E-state index in [1.807, 2.05) is 30.3 Å². The minimum atomic E-state index is -0.312. The van der Waals surface area contributed by atoms with Crippen molar-refractivity contribution in [3.63, 3.8) is 0 Å². The number of halogens is 1. The fourth-order valence-corrected chi connectivity index (χ4v) is 4.59. The summed E-state index contributed by atoms with van der Waals surface area (Å²) in [6.07, 6.45) is 3.27. The maximum atomic E-state index is 11.3. The van der Waals surface area contributed by atoms with Crippen LogP contribution in [0.15, 0.2) is 48.9 Å². The highest BCUT2D eigenvalue weighted by Crippen LogP contribution is 2.34. The van der Waals surface area contributed by atoms with Crippen LogP contribution >= 0.6 is 11.6 Å². The van der Waals surface area contributed by atoms with E-state index in [4.69, 9.17) is 22.3 Å². The van der Waals surface area contributed by atoms with Crippen LogP contribution in [0.4, 0.5) is 11.6 Å². The zero-order chi connectivity index (χ0) is 23.7. The quantitative estimate of drug-likeness (QED) is 0.436. The highest BCUT2D eigenvalue weighted by Gasteiger charge is 2.24. The van der Waals surface area contributed by atoms with E-state index < -0.39 is 0 Å². The first kappa shape index (κ1) is 22.2. The lowest BCUT2D eigenvalue weighted by atomic mass is 10.0. The van der Waals surface area contributed by atoms with E-state index in [-0.39, 0.29) is 18.5 Å². The maximum Gasteiger partial charge on any atom is 0.231 e. The molecular weight excluding hydrogens is 452 g/mol. The van der Waals surface area contributed by atoms with Gasteiger partial charge in [-0.15, -0.1) is 0 Å². The van der Waals surface area contributed by atoms with Gasteiger partial charge in [-0.1, -0.05) is 23.7 Å². The van der Waals surface area contributed by atoms with Crippen LogP contribution in [0, 0.1) is 0 Å². The number of para-hydroxylation sites is 1. The van der Waals surface area contributed by atoms with E-state index in [9.17, 15) is 4.79 Å². The van der Waals surface area contributed by atoms with Crippen molar-refractivity contribution < 1.29 is 4.79 Å². The van der Waals surface area contributed by atoms with Crippen LogP contribution in [0.3, 0.4) is 0 Å². The Kier molecular flexibility index (Phi) is 6.12. The van der Waals surface area contributed by atoms with E-state index in [0.717, 1.165) is 59.5 Å². The second kappa shape index (κ2) is 9.36. The Morgan fingerprint density at radius 3 is 2.74 bits per heavy atom. The molecule has 1 saturated heterocycles. The molecule has 1 aromatic carbocycles. The maximum absolute atomic E-state index is 11.3. The number of primary amides is 1. The average Bonchev–Trinajstić information content (AvgIpc) is 2.84. The number of hydrogen-bond donors (Lipinski definition) is 2. The van der Waals surface area contributed by atoms with Crippen molar-refractivity contribution in [2.45, 2.75) is 13.0 Å². The van der Waals surface area contributed by atoms with Gasteiger partial charge in [0.05, 0.1) is 28.6 Å². The summed E-state index contributed by atoms with van der Waals surface area (Å²) >= 11 is 6.49. The Balaban J connectivity index is 1.51. The summed E-state index contributed by atoms with van der Waals surface area (Å²) in [7, 11) is 0. The molecule has 4 heterocycles. The first-order valence-corrected chi connectivity index (χ1v) is 11.5. The van der Waals surface area contributed by atoms with Gasteiger partial charge in [-0.2, -0.15) is 0 Å². The van der Waals surface area contributed by atoms with E-state index in [0.29, 0.717) is 10.8 Å². The summed E-state index contributed by atoms with van der Waals surface area (Å²) < 4.78 is 0. The third-order valence-corrected chi connectivity index (χ3v) is 6.38. The number of carbonyl (C=O) groups is 1. The van der Waals surface area contributed by atoms with Crippen LogP contribution in [0.25, 0.3) is 21.9 Å². The van der Waals surface area contributed by atoms with Crippen molar-refractivity contribution >= 4 is 51.1 Å². The van der Waals surface area contributed by atoms with Crippen LogP contribution in [-0.2, 0) is 4.79 Å². The fourth-order valence-electron chi connectivity index (χ4n) is 4.36. The standard InChI is InChI=1S/C24H25ClN8O/c1-15(30-23-22-19(28-14-29-23)6-3-7-27-22)17-12-16-4-2-5-18(25)21(16)31-24(17)33-10-8-32(9-11-33)13-20(26)34/h2-7,12,14-15H,8-11,13H2,1H3,(H2,26,34)(H,28,29,30)/t15-/m0/s1. The molecular formula is C24H25ClN8O. The van der Waals surface area contributed by atoms with Gasteiger partial charge in [0.15, 0.2) is 5.82 Å². The third kappa shape index (κ3) is 4.44. The normalized spacial score (nSPS) is 15.5. The average molecular weight is 477 g/mol. The van der Waals surface area contributed by atoms with E-state index >= 15 is 0 Å². The Labute approximate surface area is 202 Å². The number of hydrogen-bond acceptors (Lipinski definition) is 8. The van der Waals surface area contributed by atoms with Crippen molar-refractivity contribution in [1.29, 1.82) is 0 Å². The second-order valence-corrected chi connectivity index (χ2v) is 8.81. The number of nitrogens with two attached hydrogens (primary N) is 1. The number of fused-ring (bicyclic) bond motifs is 2. The summed E-state index contributed by atoms with van der Waals surface area (Å²) in [5.41, 5.74) is 8.67. The Hall–Kier alpha value is -3.56. The van der Waals surface area contributed by atoms with Crippen molar-refractivity contribution in [1.82, 2.24) is 24.8 Å². The Morgan fingerprint density at radius 1 is 1.12 bits per heavy atom. The number of pyridine rings is 2. The molecule has 0 aliphatic carbocycles. The predicted molar refractivity (Wildman–Crippen MR) is 134 cm³/mol. The number of anilines is 2. The van der Waals surface area contributed by atoms with Crippen LogP contribution in [0.5, 0.6) is 0 Å². The summed E-state index contributed by atoms with van der Waals surface area (Å²) in [4.78, 5) is 33.8. The van der Waals surface area contributed by atoms with Gasteiger partial charge in [0.2, 0.25) is 5.91 Å². The lowest BCUT2D eigenvalue weighted by Gasteiger charge is -2.36. The monoisotopic (exact) mass is 476 g/mol. The summed E-state index contributed by atoms with van der Waals surface area (Å²) in [5, 5.41) is 5.10. The number of aromatic nitrogens is 4. The molecule has 10 heteroatoms. The van der Waals surface area contributed by atoms with Gasteiger partial charge in [-0.25, -0.2) is 15.0 Å². The van der Waals surface area contributed by atoms with Gasteiger partial charge in [-0.3, -0.25) is 14.7 Å².